The lowest BCUT2D eigenvalue weighted by atomic mass is 9.33. The first-order valence-corrected chi connectivity index (χ1v) is 13.0. The molecular weight excluding hydrogens is 382 g/mol. The van der Waals surface area contributed by atoms with E-state index in [0.717, 1.165) is 44.9 Å². The van der Waals surface area contributed by atoms with Crippen molar-refractivity contribution in [2.24, 2.45) is 57.0 Å². The number of primary amides is 1. The second-order valence-corrected chi connectivity index (χ2v) is 13.1. The van der Waals surface area contributed by atoms with Gasteiger partial charge in [0.15, 0.2) is 0 Å². The number of fused-ring (bicyclic) bond motifs is 7. The number of rotatable bonds is 2. The third kappa shape index (κ3) is 2.58. The number of allylic oxidation sites excluding steroid dienone is 1. The predicted octanol–water partition coefficient (Wildman–Crippen LogP) is 6.06. The zero-order chi connectivity index (χ0) is 22.4. The van der Waals surface area contributed by atoms with Crippen LogP contribution in [0, 0.1) is 51.2 Å². The molecule has 0 aromatic rings. The van der Waals surface area contributed by atoms with Crippen LogP contribution in [0.3, 0.4) is 0 Å². The van der Waals surface area contributed by atoms with Gasteiger partial charge in [0, 0.05) is 12.8 Å². The van der Waals surface area contributed by atoms with Crippen LogP contribution < -0.4 is 5.73 Å². The Hall–Kier alpha value is -1.12. The van der Waals surface area contributed by atoms with Gasteiger partial charge < -0.3 is 5.73 Å². The van der Waals surface area contributed by atoms with Gasteiger partial charge in [-0.15, -0.1) is 0 Å². The molecule has 9 atom stereocenters. The molecule has 0 aromatic heterocycles. The van der Waals surface area contributed by atoms with Crippen molar-refractivity contribution >= 4 is 11.7 Å². The first-order valence-electron chi connectivity index (χ1n) is 13.0. The lowest BCUT2D eigenvalue weighted by molar-refractivity contribution is -0.221. The van der Waals surface area contributed by atoms with Crippen LogP contribution in [0.15, 0.2) is 12.2 Å². The van der Waals surface area contributed by atoms with E-state index in [1.165, 1.54) is 31.3 Å². The zero-order valence-electron chi connectivity index (χ0n) is 20.3. The summed E-state index contributed by atoms with van der Waals surface area (Å²) in [7, 11) is 0. The maximum Gasteiger partial charge on any atom is 0.223 e. The Kier molecular flexibility index (Phi) is 4.69. The van der Waals surface area contributed by atoms with Crippen LogP contribution in [0.2, 0.25) is 0 Å². The largest absolute Gasteiger partial charge is 0.369 e. The molecule has 31 heavy (non-hydrogen) atoms. The molecule has 0 spiro atoms. The number of hydrogen-bond acceptors (Lipinski definition) is 2. The van der Waals surface area contributed by atoms with Crippen molar-refractivity contribution < 1.29 is 9.59 Å². The van der Waals surface area contributed by atoms with E-state index in [1.54, 1.807) is 0 Å². The molecule has 0 bridgehead atoms. The van der Waals surface area contributed by atoms with E-state index < -0.39 is 0 Å². The van der Waals surface area contributed by atoms with Crippen molar-refractivity contribution in [3.8, 4) is 0 Å². The van der Waals surface area contributed by atoms with E-state index >= 15 is 0 Å². The van der Waals surface area contributed by atoms with Crippen LogP contribution in [0.5, 0.6) is 0 Å². The molecule has 5 fully saturated rings. The summed E-state index contributed by atoms with van der Waals surface area (Å²) in [6.45, 7) is 14.2. The number of nitrogens with two attached hydrogens (primary N) is 1. The highest BCUT2D eigenvalue weighted by molar-refractivity contribution is 5.82. The Morgan fingerprint density at radius 3 is 2.39 bits per heavy atom. The van der Waals surface area contributed by atoms with E-state index in [-0.39, 0.29) is 22.2 Å². The lowest BCUT2D eigenvalue weighted by Gasteiger charge is -2.71. The third-order valence-corrected chi connectivity index (χ3v) is 12.4. The van der Waals surface area contributed by atoms with Gasteiger partial charge in [-0.3, -0.25) is 9.59 Å². The maximum atomic E-state index is 12.9. The van der Waals surface area contributed by atoms with Gasteiger partial charge in [-0.25, -0.2) is 0 Å². The van der Waals surface area contributed by atoms with E-state index in [1.807, 2.05) is 0 Å². The number of hydrogen-bond donors (Lipinski definition) is 1. The van der Waals surface area contributed by atoms with Gasteiger partial charge in [-0.2, -0.15) is 0 Å². The molecule has 2 N–H and O–H groups in total. The van der Waals surface area contributed by atoms with Crippen molar-refractivity contribution in [3.05, 3.63) is 12.2 Å². The molecule has 3 heteroatoms. The lowest BCUT2D eigenvalue weighted by Crippen LogP contribution is -2.65. The highest BCUT2D eigenvalue weighted by atomic mass is 16.1. The van der Waals surface area contributed by atoms with Crippen LogP contribution in [0.4, 0.5) is 0 Å². The van der Waals surface area contributed by atoms with Gasteiger partial charge in [0.2, 0.25) is 5.91 Å². The van der Waals surface area contributed by atoms with Gasteiger partial charge in [-0.1, -0.05) is 32.9 Å². The summed E-state index contributed by atoms with van der Waals surface area (Å²) in [6, 6.07) is 0. The molecule has 5 rings (SSSR count). The minimum atomic E-state index is -0.310. The standard InChI is InChI=1S/C28H43NO2/c1-17(2)20-10-13-28(24(29)31)15-14-26(4)21(23(20)28)6-7-22-25(3)11-9-19(30)16-18(25)8-12-27(22,26)5/h18,20-23H,1,6-16H2,2-5H3,(H2,29,31). The fraction of sp³-hybridized carbons (Fsp3) is 0.857. The van der Waals surface area contributed by atoms with E-state index in [2.05, 4.69) is 34.3 Å². The molecular formula is C28H43NO2. The van der Waals surface area contributed by atoms with Crippen LogP contribution >= 0.6 is 0 Å². The molecule has 0 saturated heterocycles. The van der Waals surface area contributed by atoms with Gasteiger partial charge in [0.1, 0.15) is 5.78 Å². The van der Waals surface area contributed by atoms with Crippen LogP contribution in [-0.4, -0.2) is 11.7 Å². The molecule has 5 aliphatic rings. The normalized spacial score (nSPS) is 53.7. The van der Waals surface area contributed by atoms with E-state index in [4.69, 9.17) is 5.73 Å². The van der Waals surface area contributed by atoms with Crippen molar-refractivity contribution in [2.45, 2.75) is 98.3 Å². The van der Waals surface area contributed by atoms with Crippen LogP contribution in [0.1, 0.15) is 98.3 Å². The highest BCUT2D eigenvalue weighted by Crippen LogP contribution is 2.76. The van der Waals surface area contributed by atoms with E-state index in [0.29, 0.717) is 40.8 Å². The van der Waals surface area contributed by atoms with Crippen LogP contribution in [0.25, 0.3) is 0 Å². The Morgan fingerprint density at radius 1 is 0.968 bits per heavy atom. The highest BCUT2D eigenvalue weighted by Gasteiger charge is 2.70. The summed E-state index contributed by atoms with van der Waals surface area (Å²) in [6.07, 6.45) is 11.7. The average Bonchev–Trinajstić information content (AvgIpc) is 3.11. The summed E-state index contributed by atoms with van der Waals surface area (Å²) in [4.78, 5) is 25.2. The molecule has 0 aromatic carbocycles. The van der Waals surface area contributed by atoms with E-state index in [9.17, 15) is 9.59 Å². The molecule has 5 saturated carbocycles. The Balaban J connectivity index is 1.56. The van der Waals surface area contributed by atoms with Crippen molar-refractivity contribution in [3.63, 3.8) is 0 Å². The fourth-order valence-corrected chi connectivity index (χ4v) is 10.5. The fourth-order valence-electron chi connectivity index (χ4n) is 10.5. The summed E-state index contributed by atoms with van der Waals surface area (Å²) in [5.41, 5.74) is 7.93. The molecule has 5 aliphatic carbocycles. The zero-order valence-corrected chi connectivity index (χ0v) is 20.3. The minimum Gasteiger partial charge on any atom is -0.369 e. The second kappa shape index (κ2) is 6.70. The Morgan fingerprint density at radius 2 is 1.71 bits per heavy atom. The smallest absolute Gasteiger partial charge is 0.223 e. The first-order chi connectivity index (χ1) is 14.5. The second-order valence-electron chi connectivity index (χ2n) is 13.1. The van der Waals surface area contributed by atoms with Crippen molar-refractivity contribution in [2.75, 3.05) is 0 Å². The summed E-state index contributed by atoms with van der Waals surface area (Å²) in [5.74, 6) is 3.09. The quantitative estimate of drug-likeness (QED) is 0.546. The number of amides is 1. The molecule has 0 radical (unpaired) electrons. The minimum absolute atomic E-state index is 0.0444. The third-order valence-electron chi connectivity index (χ3n) is 12.4. The first kappa shape index (κ1) is 21.7. The molecule has 9 unspecified atom stereocenters. The number of carbonyl (C=O) groups is 2. The van der Waals surface area contributed by atoms with Gasteiger partial charge in [-0.05, 0) is 111 Å². The SMILES string of the molecule is C=C(C)C1CCC2(C(N)=O)CCC3(C)C(CCC4C5(C)CCC(=O)CC5CCC43C)C12. The summed E-state index contributed by atoms with van der Waals surface area (Å²) < 4.78 is 0. The summed E-state index contributed by atoms with van der Waals surface area (Å²) >= 11 is 0. The molecule has 0 heterocycles. The molecule has 1 amide bonds. The molecule has 0 aliphatic heterocycles. The number of carbonyl (C=O) groups excluding carboxylic acids is 2. The maximum absolute atomic E-state index is 12.9. The number of ketones is 1. The van der Waals surface area contributed by atoms with Crippen molar-refractivity contribution in [1.82, 2.24) is 0 Å². The van der Waals surface area contributed by atoms with Gasteiger partial charge >= 0.3 is 0 Å². The van der Waals surface area contributed by atoms with Crippen molar-refractivity contribution in [1.29, 1.82) is 0 Å². The predicted molar refractivity (Wildman–Crippen MR) is 124 cm³/mol. The number of Topliss-reactive ketones (excluding diaryl/α,β-unsaturated/α-hetero) is 1. The topological polar surface area (TPSA) is 60.2 Å². The Labute approximate surface area is 189 Å². The van der Waals surface area contributed by atoms with Gasteiger partial charge in [0.05, 0.1) is 5.41 Å². The molecule has 172 valence electrons. The Bertz CT molecular complexity index is 833. The molecule has 3 nitrogen and oxygen atoms in total. The summed E-state index contributed by atoms with van der Waals surface area (Å²) in [5, 5.41) is 0. The average molecular weight is 426 g/mol. The van der Waals surface area contributed by atoms with Gasteiger partial charge in [0.25, 0.3) is 0 Å². The monoisotopic (exact) mass is 425 g/mol. The van der Waals surface area contributed by atoms with Crippen LogP contribution in [-0.2, 0) is 9.59 Å².